The summed E-state index contributed by atoms with van der Waals surface area (Å²) in [6, 6.07) is 6.54. The standard InChI is InChI=1S/C14H17FN2O2/c1-10(2)17(9-13(18)19-3)8-12-6-4-5-11(7-16)14(12)15/h4-6,10H,8-9H2,1-3H3. The molecule has 0 N–H and O–H groups in total. The van der Waals surface area contributed by atoms with E-state index < -0.39 is 5.82 Å². The van der Waals surface area contributed by atoms with Crippen molar-refractivity contribution >= 4 is 5.97 Å². The quantitative estimate of drug-likeness (QED) is 0.764. The van der Waals surface area contributed by atoms with E-state index >= 15 is 0 Å². The number of rotatable bonds is 5. The number of nitrogens with zero attached hydrogens (tertiary/aromatic N) is 2. The van der Waals surface area contributed by atoms with E-state index in [2.05, 4.69) is 4.74 Å². The molecule has 0 saturated carbocycles. The first-order chi connectivity index (χ1) is 8.99. The fourth-order valence-corrected chi connectivity index (χ4v) is 1.66. The average Bonchev–Trinajstić information content (AvgIpc) is 2.39. The van der Waals surface area contributed by atoms with Crippen LogP contribution in [-0.4, -0.2) is 30.6 Å². The summed E-state index contributed by atoms with van der Waals surface area (Å²) in [6.45, 7) is 4.17. The molecule has 0 aromatic heterocycles. The summed E-state index contributed by atoms with van der Waals surface area (Å²) in [4.78, 5) is 13.1. The van der Waals surface area contributed by atoms with Gasteiger partial charge >= 0.3 is 5.97 Å². The molecule has 0 unspecified atom stereocenters. The Labute approximate surface area is 112 Å². The Kier molecular flexibility index (Phi) is 5.46. The zero-order valence-electron chi connectivity index (χ0n) is 11.3. The maximum Gasteiger partial charge on any atom is 0.319 e. The van der Waals surface area contributed by atoms with Gasteiger partial charge < -0.3 is 4.74 Å². The zero-order chi connectivity index (χ0) is 14.4. The van der Waals surface area contributed by atoms with Crippen molar-refractivity contribution in [1.82, 2.24) is 4.90 Å². The molecule has 0 bridgehead atoms. The fourth-order valence-electron chi connectivity index (χ4n) is 1.66. The summed E-state index contributed by atoms with van der Waals surface area (Å²) in [6.07, 6.45) is 0. The number of hydrogen-bond donors (Lipinski definition) is 0. The maximum absolute atomic E-state index is 14.0. The van der Waals surface area contributed by atoms with E-state index in [0.717, 1.165) is 0 Å². The van der Waals surface area contributed by atoms with Gasteiger partial charge in [0.25, 0.3) is 0 Å². The number of carbonyl (C=O) groups excluding carboxylic acids is 1. The summed E-state index contributed by atoms with van der Waals surface area (Å²) >= 11 is 0. The maximum atomic E-state index is 14.0. The van der Waals surface area contributed by atoms with Crippen molar-refractivity contribution in [3.8, 4) is 6.07 Å². The van der Waals surface area contributed by atoms with Crippen LogP contribution < -0.4 is 0 Å². The number of ether oxygens (including phenoxy) is 1. The van der Waals surface area contributed by atoms with E-state index in [1.54, 1.807) is 23.1 Å². The van der Waals surface area contributed by atoms with Gasteiger partial charge in [0, 0.05) is 18.2 Å². The predicted octanol–water partition coefficient (Wildman–Crippen LogP) is 2.08. The van der Waals surface area contributed by atoms with Crippen molar-refractivity contribution in [2.75, 3.05) is 13.7 Å². The first-order valence-electron chi connectivity index (χ1n) is 5.98. The molecule has 0 spiro atoms. The molecule has 102 valence electrons. The number of methoxy groups -OCH3 is 1. The van der Waals surface area contributed by atoms with Crippen molar-refractivity contribution in [1.29, 1.82) is 5.26 Å². The Morgan fingerprint density at radius 3 is 2.74 bits per heavy atom. The number of carbonyl (C=O) groups is 1. The monoisotopic (exact) mass is 264 g/mol. The Hall–Kier alpha value is -1.93. The van der Waals surface area contributed by atoms with Gasteiger partial charge in [0.15, 0.2) is 0 Å². The normalized spacial score (nSPS) is 10.6. The van der Waals surface area contributed by atoms with Crippen LogP contribution in [0.2, 0.25) is 0 Å². The van der Waals surface area contributed by atoms with Crippen LogP contribution in [-0.2, 0) is 16.1 Å². The van der Waals surface area contributed by atoms with Crippen LogP contribution in [0, 0.1) is 17.1 Å². The number of nitriles is 1. The smallest absolute Gasteiger partial charge is 0.319 e. The third kappa shape index (κ3) is 4.04. The van der Waals surface area contributed by atoms with Crippen molar-refractivity contribution in [2.45, 2.75) is 26.4 Å². The van der Waals surface area contributed by atoms with Crippen LogP contribution >= 0.6 is 0 Å². The highest BCUT2D eigenvalue weighted by atomic mass is 19.1. The van der Waals surface area contributed by atoms with Crippen molar-refractivity contribution in [3.63, 3.8) is 0 Å². The lowest BCUT2D eigenvalue weighted by atomic mass is 10.1. The van der Waals surface area contributed by atoms with Gasteiger partial charge in [-0.2, -0.15) is 5.26 Å². The van der Waals surface area contributed by atoms with E-state index in [1.165, 1.54) is 13.2 Å². The summed E-state index contributed by atoms with van der Waals surface area (Å²) in [7, 11) is 1.32. The second-order valence-corrected chi connectivity index (χ2v) is 4.47. The van der Waals surface area contributed by atoms with Crippen LogP contribution in [0.25, 0.3) is 0 Å². The highest BCUT2D eigenvalue weighted by Gasteiger charge is 2.17. The van der Waals surface area contributed by atoms with Crippen LogP contribution in [0.15, 0.2) is 18.2 Å². The van der Waals surface area contributed by atoms with Crippen LogP contribution in [0.3, 0.4) is 0 Å². The Balaban J connectivity index is 2.91. The van der Waals surface area contributed by atoms with E-state index in [-0.39, 0.29) is 30.7 Å². The van der Waals surface area contributed by atoms with Crippen molar-refractivity contribution in [2.24, 2.45) is 0 Å². The van der Waals surface area contributed by atoms with Gasteiger partial charge in [0.1, 0.15) is 11.9 Å². The van der Waals surface area contributed by atoms with E-state index in [1.807, 2.05) is 13.8 Å². The minimum Gasteiger partial charge on any atom is -0.468 e. The van der Waals surface area contributed by atoms with Gasteiger partial charge in [-0.1, -0.05) is 12.1 Å². The molecule has 0 radical (unpaired) electrons. The van der Waals surface area contributed by atoms with Gasteiger partial charge in [0.2, 0.25) is 0 Å². The summed E-state index contributed by atoms with van der Waals surface area (Å²) in [5.41, 5.74) is 0.413. The molecule has 0 saturated heterocycles. The summed E-state index contributed by atoms with van der Waals surface area (Å²) < 4.78 is 18.6. The minimum atomic E-state index is -0.527. The molecule has 0 aliphatic heterocycles. The third-order valence-corrected chi connectivity index (χ3v) is 2.86. The second-order valence-electron chi connectivity index (χ2n) is 4.47. The molecule has 4 nitrogen and oxygen atoms in total. The Morgan fingerprint density at radius 1 is 1.53 bits per heavy atom. The zero-order valence-corrected chi connectivity index (χ0v) is 11.3. The lowest BCUT2D eigenvalue weighted by Gasteiger charge is -2.25. The second kappa shape index (κ2) is 6.86. The molecular weight excluding hydrogens is 247 g/mol. The fraction of sp³-hybridized carbons (Fsp3) is 0.429. The average molecular weight is 264 g/mol. The molecule has 0 heterocycles. The molecule has 0 fully saturated rings. The summed E-state index contributed by atoms with van der Waals surface area (Å²) in [5.74, 6) is -0.897. The van der Waals surface area contributed by atoms with Gasteiger partial charge in [-0.3, -0.25) is 9.69 Å². The molecule has 0 atom stereocenters. The molecule has 0 amide bonds. The minimum absolute atomic E-state index is 0.0132. The molecule has 1 aromatic rings. The lowest BCUT2D eigenvalue weighted by Crippen LogP contribution is -2.36. The number of halogens is 1. The SMILES string of the molecule is COC(=O)CN(Cc1cccc(C#N)c1F)C(C)C. The molecule has 0 aliphatic carbocycles. The Morgan fingerprint density at radius 2 is 2.21 bits per heavy atom. The van der Waals surface area contributed by atoms with Gasteiger partial charge in [-0.15, -0.1) is 0 Å². The van der Waals surface area contributed by atoms with Crippen LogP contribution in [0.5, 0.6) is 0 Å². The largest absolute Gasteiger partial charge is 0.468 e. The molecule has 19 heavy (non-hydrogen) atoms. The first kappa shape index (κ1) is 15.1. The predicted molar refractivity (Wildman–Crippen MR) is 68.7 cm³/mol. The first-order valence-corrected chi connectivity index (χ1v) is 5.98. The molecule has 0 aliphatic rings. The van der Waals surface area contributed by atoms with E-state index in [4.69, 9.17) is 5.26 Å². The third-order valence-electron chi connectivity index (χ3n) is 2.86. The van der Waals surface area contributed by atoms with Crippen molar-refractivity contribution < 1.29 is 13.9 Å². The number of hydrogen-bond acceptors (Lipinski definition) is 4. The molecule has 1 rings (SSSR count). The van der Waals surface area contributed by atoms with Gasteiger partial charge in [-0.25, -0.2) is 4.39 Å². The van der Waals surface area contributed by atoms with Crippen molar-refractivity contribution in [3.05, 3.63) is 35.1 Å². The lowest BCUT2D eigenvalue weighted by molar-refractivity contribution is -0.142. The number of benzene rings is 1. The van der Waals surface area contributed by atoms with E-state index in [0.29, 0.717) is 5.56 Å². The number of esters is 1. The highest BCUT2D eigenvalue weighted by molar-refractivity contribution is 5.71. The van der Waals surface area contributed by atoms with Crippen LogP contribution in [0.1, 0.15) is 25.0 Å². The van der Waals surface area contributed by atoms with Gasteiger partial charge in [-0.05, 0) is 19.9 Å². The highest BCUT2D eigenvalue weighted by Crippen LogP contribution is 2.15. The molecular formula is C14H17FN2O2. The van der Waals surface area contributed by atoms with Crippen LogP contribution in [0.4, 0.5) is 4.39 Å². The topological polar surface area (TPSA) is 53.3 Å². The van der Waals surface area contributed by atoms with Gasteiger partial charge in [0.05, 0.1) is 19.2 Å². The van der Waals surface area contributed by atoms with E-state index in [9.17, 15) is 9.18 Å². The molecule has 1 aromatic carbocycles. The molecule has 5 heteroatoms. The Bertz CT molecular complexity index is 495. The summed E-state index contributed by atoms with van der Waals surface area (Å²) in [5, 5.41) is 8.79.